The molecule has 1 amide bonds. The Morgan fingerprint density at radius 3 is 2.55 bits per heavy atom. The molecule has 31 heavy (non-hydrogen) atoms. The van der Waals surface area contributed by atoms with Crippen LogP contribution in [0.1, 0.15) is 24.8 Å². The molecule has 1 aromatic heterocycles. The number of nitrogens with zero attached hydrogens (tertiary/aromatic N) is 5. The Labute approximate surface area is 186 Å². The Hall–Kier alpha value is -2.51. The summed E-state index contributed by atoms with van der Waals surface area (Å²) in [6.07, 6.45) is 7.54. The molecule has 3 aliphatic rings. The minimum atomic E-state index is -0.431. The molecule has 8 heteroatoms. The van der Waals surface area contributed by atoms with Crippen LogP contribution in [-0.2, 0) is 4.79 Å². The number of rotatable bonds is 4. The zero-order chi connectivity index (χ0) is 21.4. The molecule has 1 aromatic carbocycles. The predicted octanol–water partition coefficient (Wildman–Crippen LogP) is 3.24. The Kier molecular flexibility index (Phi) is 5.63. The zero-order valence-electron chi connectivity index (χ0n) is 17.3. The van der Waals surface area contributed by atoms with Gasteiger partial charge in [0.2, 0.25) is 11.9 Å². The second kappa shape index (κ2) is 8.55. The Morgan fingerprint density at radius 1 is 1.16 bits per heavy atom. The number of piperazine rings is 1. The Morgan fingerprint density at radius 2 is 1.90 bits per heavy atom. The lowest BCUT2D eigenvalue weighted by Crippen LogP contribution is -2.57. The molecule has 2 saturated heterocycles. The molecule has 2 unspecified atom stereocenters. The highest BCUT2D eigenvalue weighted by molar-refractivity contribution is 6.30. The number of carbonyl (C=O) groups excluding carboxylic acids is 1. The van der Waals surface area contributed by atoms with E-state index in [1.54, 1.807) is 0 Å². The van der Waals surface area contributed by atoms with Crippen LogP contribution in [0.5, 0.6) is 0 Å². The highest BCUT2D eigenvalue weighted by Gasteiger charge is 2.42. The van der Waals surface area contributed by atoms with Gasteiger partial charge >= 0.3 is 0 Å². The number of fused-ring (bicyclic) bond motifs is 2. The van der Waals surface area contributed by atoms with E-state index in [-0.39, 0.29) is 18.0 Å². The molecule has 0 saturated carbocycles. The summed E-state index contributed by atoms with van der Waals surface area (Å²) in [5.74, 6) is 0.311. The van der Waals surface area contributed by atoms with Gasteiger partial charge in [0.15, 0.2) is 5.82 Å². The van der Waals surface area contributed by atoms with Crippen molar-refractivity contribution in [1.82, 2.24) is 19.8 Å². The summed E-state index contributed by atoms with van der Waals surface area (Å²) in [6.45, 7) is 3.41. The highest BCUT2D eigenvalue weighted by Crippen LogP contribution is 2.33. The first-order valence-electron chi connectivity index (χ1n) is 10.8. The molecule has 2 aromatic rings. The van der Waals surface area contributed by atoms with E-state index >= 15 is 0 Å². The lowest BCUT2D eigenvalue weighted by atomic mass is 9.99. The SMILES string of the molecule is O=C(CN1CC=C(c2cccc(Cl)c2)CC1)N1CC2CCC(C1)N2c1ncc(F)cn1. The summed E-state index contributed by atoms with van der Waals surface area (Å²) >= 11 is 6.12. The third kappa shape index (κ3) is 4.29. The quantitative estimate of drug-likeness (QED) is 0.729. The van der Waals surface area contributed by atoms with Crippen molar-refractivity contribution in [2.24, 2.45) is 0 Å². The van der Waals surface area contributed by atoms with Crippen molar-refractivity contribution < 1.29 is 9.18 Å². The summed E-state index contributed by atoms with van der Waals surface area (Å²) in [5.41, 5.74) is 2.45. The van der Waals surface area contributed by atoms with Crippen molar-refractivity contribution in [3.8, 4) is 0 Å². The standard InChI is InChI=1S/C23H25ClFN5O/c24-18-3-1-2-17(10-18)16-6-8-28(9-7-16)15-22(31)29-13-20-4-5-21(14-29)30(20)23-26-11-19(25)12-27-23/h1-3,6,10-12,20-21H,4-5,7-9,13-15H2. The van der Waals surface area contributed by atoms with Crippen molar-refractivity contribution in [2.45, 2.75) is 31.3 Å². The molecule has 2 fully saturated rings. The summed E-state index contributed by atoms with van der Waals surface area (Å²) in [5, 5.41) is 0.746. The van der Waals surface area contributed by atoms with E-state index in [2.05, 4.69) is 31.9 Å². The van der Waals surface area contributed by atoms with E-state index in [0.29, 0.717) is 25.6 Å². The monoisotopic (exact) mass is 441 g/mol. The fourth-order valence-electron chi connectivity index (χ4n) is 4.97. The number of hydrogen-bond acceptors (Lipinski definition) is 5. The Balaban J connectivity index is 1.18. The topological polar surface area (TPSA) is 52.6 Å². The molecule has 3 aliphatic heterocycles. The largest absolute Gasteiger partial charge is 0.337 e. The van der Waals surface area contributed by atoms with E-state index in [0.717, 1.165) is 42.9 Å². The number of anilines is 1. The van der Waals surface area contributed by atoms with Crippen LogP contribution >= 0.6 is 11.6 Å². The van der Waals surface area contributed by atoms with Crippen LogP contribution in [0, 0.1) is 5.82 Å². The first-order valence-corrected chi connectivity index (χ1v) is 11.2. The van der Waals surface area contributed by atoms with Crippen molar-refractivity contribution in [2.75, 3.05) is 37.6 Å². The maximum atomic E-state index is 13.2. The van der Waals surface area contributed by atoms with Crippen LogP contribution in [0.2, 0.25) is 5.02 Å². The van der Waals surface area contributed by atoms with Gasteiger partial charge < -0.3 is 9.80 Å². The maximum Gasteiger partial charge on any atom is 0.236 e. The number of benzene rings is 1. The second-order valence-electron chi connectivity index (χ2n) is 8.52. The van der Waals surface area contributed by atoms with Crippen LogP contribution in [0.3, 0.4) is 0 Å². The second-order valence-corrected chi connectivity index (χ2v) is 8.95. The van der Waals surface area contributed by atoms with Gasteiger partial charge in [-0.25, -0.2) is 14.4 Å². The number of aromatic nitrogens is 2. The fraction of sp³-hybridized carbons (Fsp3) is 0.435. The van der Waals surface area contributed by atoms with E-state index < -0.39 is 5.82 Å². The molecule has 0 aliphatic carbocycles. The van der Waals surface area contributed by atoms with Gasteiger partial charge in [-0.1, -0.05) is 29.8 Å². The van der Waals surface area contributed by atoms with Crippen LogP contribution in [0.4, 0.5) is 10.3 Å². The minimum Gasteiger partial charge on any atom is -0.337 e. The van der Waals surface area contributed by atoms with Gasteiger partial charge in [-0.05, 0) is 42.5 Å². The molecule has 6 nitrogen and oxygen atoms in total. The number of carbonyl (C=O) groups is 1. The first kappa shape index (κ1) is 20.4. The van der Waals surface area contributed by atoms with Gasteiger partial charge in [0.25, 0.3) is 0 Å². The molecular formula is C23H25ClFN5O. The first-order chi connectivity index (χ1) is 15.1. The summed E-state index contributed by atoms with van der Waals surface area (Å²) in [4.78, 5) is 27.7. The minimum absolute atomic E-state index is 0.177. The maximum absolute atomic E-state index is 13.2. The van der Waals surface area contributed by atoms with Crippen molar-refractivity contribution in [3.05, 3.63) is 59.1 Å². The molecule has 162 valence electrons. The van der Waals surface area contributed by atoms with Gasteiger partial charge in [-0.2, -0.15) is 0 Å². The number of amides is 1. The molecular weight excluding hydrogens is 417 g/mol. The molecule has 2 atom stereocenters. The summed E-state index contributed by atoms with van der Waals surface area (Å²) < 4.78 is 13.2. The predicted molar refractivity (Wildman–Crippen MR) is 118 cm³/mol. The highest BCUT2D eigenvalue weighted by atomic mass is 35.5. The van der Waals surface area contributed by atoms with Crippen LogP contribution in [0.15, 0.2) is 42.7 Å². The van der Waals surface area contributed by atoms with Gasteiger partial charge in [-0.15, -0.1) is 0 Å². The lowest BCUT2D eigenvalue weighted by molar-refractivity contribution is -0.133. The normalized spacial score (nSPS) is 23.7. The zero-order valence-corrected chi connectivity index (χ0v) is 18.0. The van der Waals surface area contributed by atoms with Crippen LogP contribution in [-0.4, -0.2) is 70.5 Å². The number of likely N-dealkylation sites (tertiary alicyclic amines) is 1. The molecule has 0 radical (unpaired) electrons. The van der Waals surface area contributed by atoms with Crippen molar-refractivity contribution in [3.63, 3.8) is 0 Å². The molecule has 0 N–H and O–H groups in total. The average molecular weight is 442 g/mol. The molecule has 4 heterocycles. The van der Waals surface area contributed by atoms with E-state index in [1.807, 2.05) is 23.1 Å². The number of halogens is 2. The Bertz CT molecular complexity index is 984. The van der Waals surface area contributed by atoms with Crippen LogP contribution < -0.4 is 4.90 Å². The van der Waals surface area contributed by atoms with Crippen LogP contribution in [0.25, 0.3) is 5.57 Å². The third-order valence-corrected chi connectivity index (χ3v) is 6.76. The van der Waals surface area contributed by atoms with Gasteiger partial charge in [0, 0.05) is 43.3 Å². The van der Waals surface area contributed by atoms with Crippen molar-refractivity contribution in [1.29, 1.82) is 0 Å². The van der Waals surface area contributed by atoms with E-state index in [4.69, 9.17) is 11.6 Å². The number of hydrogen-bond donors (Lipinski definition) is 0. The van der Waals surface area contributed by atoms with Gasteiger partial charge in [0.1, 0.15) is 0 Å². The average Bonchev–Trinajstić information content (AvgIpc) is 3.03. The lowest BCUT2D eigenvalue weighted by Gasteiger charge is -2.41. The fourth-order valence-corrected chi connectivity index (χ4v) is 5.16. The third-order valence-electron chi connectivity index (χ3n) is 6.52. The summed E-state index contributed by atoms with van der Waals surface area (Å²) in [7, 11) is 0. The van der Waals surface area contributed by atoms with E-state index in [1.165, 1.54) is 18.0 Å². The smallest absolute Gasteiger partial charge is 0.236 e. The van der Waals surface area contributed by atoms with Gasteiger partial charge in [-0.3, -0.25) is 9.69 Å². The molecule has 5 rings (SSSR count). The van der Waals surface area contributed by atoms with Crippen molar-refractivity contribution >= 4 is 29.0 Å². The van der Waals surface area contributed by atoms with Gasteiger partial charge in [0.05, 0.1) is 18.9 Å². The molecule has 0 spiro atoms. The molecule has 2 bridgehead atoms. The summed E-state index contributed by atoms with van der Waals surface area (Å²) in [6, 6.07) is 8.33. The van der Waals surface area contributed by atoms with E-state index in [9.17, 15) is 9.18 Å².